The zero-order chi connectivity index (χ0) is 25.6. The van der Waals surface area contributed by atoms with E-state index in [1.807, 2.05) is 12.1 Å². The standard InChI is InChI=1S/C24H30ClN7O3/c1-15(33)30-20-12-16(2-5-19(20)25)14-32-10-7-24(6-9-26,8-11-32)29-13-18(22(28)34)21(27)31-23(35)17-3-4-17/h2,5,12-13,17,29H,3-4,6-8,10-11,14H2,1H3,(H2,28,34)(H,30,33)(H2,27,31,35)/b18-13+. The zero-order valence-corrected chi connectivity index (χ0v) is 20.4. The maximum absolute atomic E-state index is 12.0. The third kappa shape index (κ3) is 7.28. The number of hydrogen-bond donors (Lipinski definition) is 5. The van der Waals surface area contributed by atoms with Crippen LogP contribution in [-0.2, 0) is 20.9 Å². The summed E-state index contributed by atoms with van der Waals surface area (Å²) < 4.78 is 0. The lowest BCUT2D eigenvalue weighted by molar-refractivity contribution is -0.120. The molecule has 0 bridgehead atoms. The molecular formula is C24H30ClN7O3. The van der Waals surface area contributed by atoms with Crippen molar-refractivity contribution in [2.45, 2.75) is 51.1 Å². The van der Waals surface area contributed by atoms with E-state index in [2.05, 4.69) is 26.9 Å². The number of carbonyl (C=O) groups excluding carboxylic acids is 3. The molecule has 1 heterocycles. The molecule has 1 aliphatic heterocycles. The summed E-state index contributed by atoms with van der Waals surface area (Å²) in [5.41, 5.74) is 6.29. The molecule has 2 aliphatic rings. The second-order valence-electron chi connectivity index (χ2n) is 9.09. The summed E-state index contributed by atoms with van der Waals surface area (Å²) >= 11 is 6.16. The van der Waals surface area contributed by atoms with Crippen molar-refractivity contribution in [2.24, 2.45) is 11.7 Å². The Labute approximate surface area is 209 Å². The van der Waals surface area contributed by atoms with Gasteiger partial charge in [0.2, 0.25) is 11.8 Å². The summed E-state index contributed by atoms with van der Waals surface area (Å²) in [7, 11) is 0. The number of rotatable bonds is 9. The molecule has 10 nitrogen and oxygen atoms in total. The van der Waals surface area contributed by atoms with Gasteiger partial charge in [0.25, 0.3) is 5.91 Å². The van der Waals surface area contributed by atoms with Gasteiger partial charge in [0, 0.05) is 38.7 Å². The third-order valence-corrected chi connectivity index (χ3v) is 6.56. The van der Waals surface area contributed by atoms with Gasteiger partial charge in [0.05, 0.1) is 34.3 Å². The Morgan fingerprint density at radius 1 is 1.31 bits per heavy atom. The van der Waals surface area contributed by atoms with Gasteiger partial charge in [-0.3, -0.25) is 24.7 Å². The van der Waals surface area contributed by atoms with Crippen molar-refractivity contribution in [3.05, 3.63) is 40.6 Å². The number of carbonyl (C=O) groups is 3. The van der Waals surface area contributed by atoms with Crippen LogP contribution in [0.15, 0.2) is 30.0 Å². The number of piperidine rings is 1. The molecule has 1 aromatic rings. The molecule has 35 heavy (non-hydrogen) atoms. The predicted molar refractivity (Wildman–Crippen MR) is 132 cm³/mol. The molecule has 1 aromatic carbocycles. The van der Waals surface area contributed by atoms with Crippen LogP contribution in [0.5, 0.6) is 0 Å². The summed E-state index contributed by atoms with van der Waals surface area (Å²) in [6.45, 7) is 3.44. The first-order valence-electron chi connectivity index (χ1n) is 11.5. The fourth-order valence-corrected chi connectivity index (χ4v) is 4.17. The minimum Gasteiger partial charge on any atom is -0.384 e. The van der Waals surface area contributed by atoms with Crippen LogP contribution in [0.25, 0.3) is 0 Å². The van der Waals surface area contributed by atoms with Crippen molar-refractivity contribution in [3.63, 3.8) is 0 Å². The monoisotopic (exact) mass is 499 g/mol. The van der Waals surface area contributed by atoms with Gasteiger partial charge in [0.15, 0.2) is 0 Å². The van der Waals surface area contributed by atoms with Crippen molar-refractivity contribution in [1.29, 1.82) is 10.7 Å². The smallest absolute Gasteiger partial charge is 0.253 e. The number of nitriles is 1. The maximum atomic E-state index is 12.0. The fourth-order valence-electron chi connectivity index (χ4n) is 4.01. The SMILES string of the molecule is CC(=O)Nc1cc(CN2CCC(CC#N)(N/C=C(\C(=N)NC(=O)C3CC3)C(N)=O)CC2)ccc1Cl. The number of primary amides is 1. The van der Waals surface area contributed by atoms with Crippen LogP contribution in [0.1, 0.15) is 44.6 Å². The number of nitrogens with zero attached hydrogens (tertiary/aromatic N) is 2. The molecule has 1 saturated carbocycles. The van der Waals surface area contributed by atoms with E-state index >= 15 is 0 Å². The minimum atomic E-state index is -0.833. The molecule has 6 N–H and O–H groups in total. The lowest BCUT2D eigenvalue weighted by Crippen LogP contribution is -2.51. The average Bonchev–Trinajstić information content (AvgIpc) is 3.63. The normalized spacial score (nSPS) is 17.7. The van der Waals surface area contributed by atoms with E-state index in [0.29, 0.717) is 43.2 Å². The first-order valence-corrected chi connectivity index (χ1v) is 11.8. The molecule has 1 aliphatic carbocycles. The molecule has 3 amide bonds. The Kier molecular flexibility index (Phi) is 8.48. The molecule has 11 heteroatoms. The number of amides is 3. The molecular weight excluding hydrogens is 470 g/mol. The second kappa shape index (κ2) is 11.3. The van der Waals surface area contributed by atoms with Gasteiger partial charge in [-0.05, 0) is 43.4 Å². The summed E-state index contributed by atoms with van der Waals surface area (Å²) in [5, 5.41) is 26.3. The zero-order valence-electron chi connectivity index (χ0n) is 19.6. The number of nitrogens with one attached hydrogen (secondary N) is 4. The minimum absolute atomic E-state index is 0.110. The van der Waals surface area contributed by atoms with Crippen LogP contribution in [0.2, 0.25) is 5.02 Å². The Hall–Kier alpha value is -3.42. The first-order chi connectivity index (χ1) is 16.6. The number of amidine groups is 1. The van der Waals surface area contributed by atoms with Crippen LogP contribution in [-0.4, -0.2) is 47.1 Å². The molecule has 3 rings (SSSR count). The highest BCUT2D eigenvalue weighted by atomic mass is 35.5. The highest BCUT2D eigenvalue weighted by Crippen LogP contribution is 2.30. The Balaban J connectivity index is 1.64. The summed E-state index contributed by atoms with van der Waals surface area (Å²) in [6, 6.07) is 7.72. The first kappa shape index (κ1) is 26.2. The second-order valence-corrected chi connectivity index (χ2v) is 9.50. The topological polar surface area (TPSA) is 164 Å². The lowest BCUT2D eigenvalue weighted by atomic mass is 9.84. The largest absolute Gasteiger partial charge is 0.384 e. The van der Waals surface area contributed by atoms with E-state index in [-0.39, 0.29) is 35.6 Å². The Bertz CT molecular complexity index is 1080. The summed E-state index contributed by atoms with van der Waals surface area (Å²) in [6.07, 6.45) is 4.36. The molecule has 0 unspecified atom stereocenters. The van der Waals surface area contributed by atoms with Gasteiger partial charge in [0.1, 0.15) is 5.84 Å². The van der Waals surface area contributed by atoms with Crippen molar-refractivity contribution in [2.75, 3.05) is 18.4 Å². The van der Waals surface area contributed by atoms with Crippen LogP contribution in [0, 0.1) is 22.7 Å². The van der Waals surface area contributed by atoms with Crippen molar-refractivity contribution < 1.29 is 14.4 Å². The number of hydrogen-bond acceptors (Lipinski definition) is 7. The maximum Gasteiger partial charge on any atom is 0.253 e. The van der Waals surface area contributed by atoms with E-state index in [9.17, 15) is 19.6 Å². The number of likely N-dealkylation sites (tertiary alicyclic amines) is 1. The molecule has 1 saturated heterocycles. The summed E-state index contributed by atoms with van der Waals surface area (Å²) in [4.78, 5) is 37.5. The number of halogens is 1. The Morgan fingerprint density at radius 2 is 2.00 bits per heavy atom. The number of benzene rings is 1. The van der Waals surface area contributed by atoms with Crippen molar-refractivity contribution in [3.8, 4) is 6.07 Å². The van der Waals surface area contributed by atoms with Crippen LogP contribution in [0.3, 0.4) is 0 Å². The Morgan fingerprint density at radius 3 is 2.57 bits per heavy atom. The molecule has 2 fully saturated rings. The highest BCUT2D eigenvalue weighted by molar-refractivity contribution is 6.33. The van der Waals surface area contributed by atoms with Crippen LogP contribution in [0.4, 0.5) is 5.69 Å². The van der Waals surface area contributed by atoms with Gasteiger partial charge in [-0.2, -0.15) is 5.26 Å². The van der Waals surface area contributed by atoms with Gasteiger partial charge in [-0.1, -0.05) is 17.7 Å². The molecule has 0 radical (unpaired) electrons. The van der Waals surface area contributed by atoms with E-state index < -0.39 is 11.4 Å². The molecule has 0 atom stereocenters. The fraction of sp³-hybridized carbons (Fsp3) is 0.458. The number of nitrogens with two attached hydrogens (primary N) is 1. The number of anilines is 1. The highest BCUT2D eigenvalue weighted by Gasteiger charge is 2.35. The van der Waals surface area contributed by atoms with Gasteiger partial charge < -0.3 is 21.7 Å². The van der Waals surface area contributed by atoms with Crippen molar-refractivity contribution in [1.82, 2.24) is 15.5 Å². The molecule has 0 aromatic heterocycles. The third-order valence-electron chi connectivity index (χ3n) is 6.23. The van der Waals surface area contributed by atoms with Gasteiger partial charge in [-0.25, -0.2) is 0 Å². The molecule has 186 valence electrons. The van der Waals surface area contributed by atoms with Crippen LogP contribution >= 0.6 is 11.6 Å². The van der Waals surface area contributed by atoms with E-state index in [1.54, 1.807) is 6.07 Å². The quantitative estimate of drug-likeness (QED) is 0.198. The van der Waals surface area contributed by atoms with Crippen LogP contribution < -0.4 is 21.7 Å². The van der Waals surface area contributed by atoms with Crippen molar-refractivity contribution >= 4 is 40.8 Å². The van der Waals surface area contributed by atoms with E-state index in [0.717, 1.165) is 18.4 Å². The average molecular weight is 500 g/mol. The van der Waals surface area contributed by atoms with Gasteiger partial charge in [-0.15, -0.1) is 0 Å². The van der Waals surface area contributed by atoms with E-state index in [1.165, 1.54) is 13.1 Å². The summed E-state index contributed by atoms with van der Waals surface area (Å²) in [5.74, 6) is -1.77. The lowest BCUT2D eigenvalue weighted by Gasteiger charge is -2.41. The predicted octanol–water partition coefficient (Wildman–Crippen LogP) is 2.01. The van der Waals surface area contributed by atoms with Gasteiger partial charge >= 0.3 is 0 Å². The molecule has 0 spiro atoms. The van der Waals surface area contributed by atoms with E-state index in [4.69, 9.17) is 22.7 Å².